The lowest BCUT2D eigenvalue weighted by Gasteiger charge is -2.13. The Morgan fingerprint density at radius 1 is 1.73 bits per heavy atom. The highest BCUT2D eigenvalue weighted by Gasteiger charge is 2.06. The standard InChI is InChI=1S/C7H13N3O/c1-11-6-7(5-8)10-4-2-3-9-10/h2-4,7H,5-6,8H2,1H3. The summed E-state index contributed by atoms with van der Waals surface area (Å²) in [6, 6.07) is 2.04. The molecule has 0 fully saturated rings. The van der Waals surface area contributed by atoms with Gasteiger partial charge in [0, 0.05) is 26.0 Å². The molecule has 1 unspecified atom stereocenters. The van der Waals surface area contributed by atoms with Crippen molar-refractivity contribution in [1.82, 2.24) is 9.78 Å². The number of nitrogens with two attached hydrogens (primary N) is 1. The fraction of sp³-hybridized carbons (Fsp3) is 0.571. The van der Waals surface area contributed by atoms with Crippen LogP contribution in [0.25, 0.3) is 0 Å². The largest absolute Gasteiger partial charge is 0.382 e. The fourth-order valence-corrected chi connectivity index (χ4v) is 0.941. The SMILES string of the molecule is COCC(CN)n1cccn1. The molecule has 1 rings (SSSR count). The smallest absolute Gasteiger partial charge is 0.0874 e. The van der Waals surface area contributed by atoms with Gasteiger partial charge in [-0.15, -0.1) is 0 Å². The van der Waals surface area contributed by atoms with Gasteiger partial charge in [-0.25, -0.2) is 0 Å². The lowest BCUT2D eigenvalue weighted by molar-refractivity contribution is 0.152. The van der Waals surface area contributed by atoms with Crippen LogP contribution in [0.1, 0.15) is 6.04 Å². The highest BCUT2D eigenvalue weighted by molar-refractivity contribution is 4.81. The zero-order valence-corrected chi connectivity index (χ0v) is 6.60. The molecule has 0 saturated heterocycles. The average Bonchev–Trinajstić information content (AvgIpc) is 2.52. The van der Waals surface area contributed by atoms with E-state index in [1.54, 1.807) is 13.3 Å². The van der Waals surface area contributed by atoms with Crippen LogP contribution in [-0.4, -0.2) is 30.0 Å². The first-order valence-corrected chi connectivity index (χ1v) is 3.56. The van der Waals surface area contributed by atoms with E-state index in [4.69, 9.17) is 10.5 Å². The van der Waals surface area contributed by atoms with Gasteiger partial charge in [0.25, 0.3) is 0 Å². The molecule has 2 N–H and O–H groups in total. The molecule has 0 aromatic carbocycles. The molecule has 0 aliphatic carbocycles. The third-order valence-electron chi connectivity index (χ3n) is 1.53. The van der Waals surface area contributed by atoms with E-state index in [9.17, 15) is 0 Å². The minimum absolute atomic E-state index is 0.162. The Labute approximate surface area is 66.0 Å². The van der Waals surface area contributed by atoms with E-state index < -0.39 is 0 Å². The van der Waals surface area contributed by atoms with E-state index in [1.807, 2.05) is 16.9 Å². The van der Waals surface area contributed by atoms with Gasteiger partial charge in [-0.05, 0) is 6.07 Å². The normalized spacial score (nSPS) is 13.3. The molecule has 1 heterocycles. The molecule has 62 valence electrons. The van der Waals surface area contributed by atoms with E-state index >= 15 is 0 Å². The maximum atomic E-state index is 5.51. The Hall–Kier alpha value is -0.870. The second-order valence-corrected chi connectivity index (χ2v) is 2.33. The van der Waals surface area contributed by atoms with Crippen LogP contribution >= 0.6 is 0 Å². The summed E-state index contributed by atoms with van der Waals surface area (Å²) >= 11 is 0. The van der Waals surface area contributed by atoms with Crippen molar-refractivity contribution in [1.29, 1.82) is 0 Å². The van der Waals surface area contributed by atoms with Crippen LogP contribution in [0.15, 0.2) is 18.5 Å². The predicted octanol–water partition coefficient (Wildman–Crippen LogP) is 0.0293. The zero-order valence-electron chi connectivity index (χ0n) is 6.60. The first-order chi connectivity index (χ1) is 5.38. The second kappa shape index (κ2) is 4.10. The first kappa shape index (κ1) is 8.23. The number of hydrogen-bond acceptors (Lipinski definition) is 3. The molecule has 11 heavy (non-hydrogen) atoms. The number of hydrogen-bond donors (Lipinski definition) is 1. The molecule has 0 spiro atoms. The highest BCUT2D eigenvalue weighted by Crippen LogP contribution is 2.01. The quantitative estimate of drug-likeness (QED) is 0.667. The van der Waals surface area contributed by atoms with Crippen LogP contribution < -0.4 is 5.73 Å². The molecule has 0 aliphatic rings. The number of aromatic nitrogens is 2. The molecule has 1 aromatic rings. The average molecular weight is 155 g/mol. The van der Waals surface area contributed by atoms with E-state index in [2.05, 4.69) is 5.10 Å². The molecular weight excluding hydrogens is 142 g/mol. The van der Waals surface area contributed by atoms with Gasteiger partial charge in [0.15, 0.2) is 0 Å². The minimum atomic E-state index is 0.162. The first-order valence-electron chi connectivity index (χ1n) is 3.56. The summed E-state index contributed by atoms with van der Waals surface area (Å²) in [5, 5.41) is 4.06. The third kappa shape index (κ3) is 2.03. The van der Waals surface area contributed by atoms with Crippen molar-refractivity contribution in [3.63, 3.8) is 0 Å². The highest BCUT2D eigenvalue weighted by atomic mass is 16.5. The molecule has 0 amide bonds. The zero-order chi connectivity index (χ0) is 8.10. The Morgan fingerprint density at radius 2 is 2.55 bits per heavy atom. The minimum Gasteiger partial charge on any atom is -0.382 e. The molecule has 0 saturated carbocycles. The third-order valence-corrected chi connectivity index (χ3v) is 1.53. The molecule has 0 aliphatic heterocycles. The van der Waals surface area contributed by atoms with Crippen molar-refractivity contribution >= 4 is 0 Å². The Kier molecular flexibility index (Phi) is 3.07. The molecule has 1 aromatic heterocycles. The van der Waals surface area contributed by atoms with Gasteiger partial charge >= 0.3 is 0 Å². The van der Waals surface area contributed by atoms with Crippen LogP contribution in [0.5, 0.6) is 0 Å². The molecule has 4 nitrogen and oxygen atoms in total. The van der Waals surface area contributed by atoms with Gasteiger partial charge < -0.3 is 10.5 Å². The number of methoxy groups -OCH3 is 1. The molecular formula is C7H13N3O. The maximum Gasteiger partial charge on any atom is 0.0874 e. The Morgan fingerprint density at radius 3 is 3.00 bits per heavy atom. The summed E-state index contributed by atoms with van der Waals surface area (Å²) < 4.78 is 6.79. The van der Waals surface area contributed by atoms with E-state index in [0.717, 1.165) is 0 Å². The van der Waals surface area contributed by atoms with Crippen LogP contribution in [0.3, 0.4) is 0 Å². The van der Waals surface area contributed by atoms with Crippen molar-refractivity contribution in [3.8, 4) is 0 Å². The topological polar surface area (TPSA) is 53.1 Å². The van der Waals surface area contributed by atoms with Crippen molar-refractivity contribution < 1.29 is 4.74 Å². The monoisotopic (exact) mass is 155 g/mol. The summed E-state index contributed by atoms with van der Waals surface area (Å²) in [6.07, 6.45) is 3.62. The van der Waals surface area contributed by atoms with Crippen molar-refractivity contribution in [2.75, 3.05) is 20.3 Å². The van der Waals surface area contributed by atoms with Gasteiger partial charge in [-0.1, -0.05) is 0 Å². The summed E-state index contributed by atoms with van der Waals surface area (Å²) in [5.74, 6) is 0. The lowest BCUT2D eigenvalue weighted by Crippen LogP contribution is -2.23. The van der Waals surface area contributed by atoms with Crippen molar-refractivity contribution in [2.24, 2.45) is 5.73 Å². The Balaban J connectivity index is 2.56. The number of rotatable bonds is 4. The van der Waals surface area contributed by atoms with Gasteiger partial charge in [0.1, 0.15) is 0 Å². The van der Waals surface area contributed by atoms with Gasteiger partial charge in [0.05, 0.1) is 12.6 Å². The Bertz CT molecular complexity index is 186. The van der Waals surface area contributed by atoms with Gasteiger partial charge in [-0.3, -0.25) is 4.68 Å². The molecule has 4 heteroatoms. The van der Waals surface area contributed by atoms with E-state index in [-0.39, 0.29) is 6.04 Å². The fourth-order valence-electron chi connectivity index (χ4n) is 0.941. The molecule has 1 atom stereocenters. The number of nitrogens with zero attached hydrogens (tertiary/aromatic N) is 2. The van der Waals surface area contributed by atoms with E-state index in [1.165, 1.54) is 0 Å². The summed E-state index contributed by atoms with van der Waals surface area (Å²) in [7, 11) is 1.66. The maximum absolute atomic E-state index is 5.51. The van der Waals surface area contributed by atoms with Crippen LogP contribution in [0.4, 0.5) is 0 Å². The van der Waals surface area contributed by atoms with Crippen molar-refractivity contribution in [3.05, 3.63) is 18.5 Å². The van der Waals surface area contributed by atoms with Gasteiger partial charge in [-0.2, -0.15) is 5.10 Å². The lowest BCUT2D eigenvalue weighted by atomic mass is 10.3. The number of ether oxygens (including phenoxy) is 1. The molecule has 0 radical (unpaired) electrons. The van der Waals surface area contributed by atoms with Gasteiger partial charge in [0.2, 0.25) is 0 Å². The van der Waals surface area contributed by atoms with Crippen LogP contribution in [0, 0.1) is 0 Å². The summed E-state index contributed by atoms with van der Waals surface area (Å²) in [4.78, 5) is 0. The summed E-state index contributed by atoms with van der Waals surface area (Å²) in [6.45, 7) is 1.16. The predicted molar refractivity (Wildman–Crippen MR) is 42.2 cm³/mol. The van der Waals surface area contributed by atoms with E-state index in [0.29, 0.717) is 13.2 Å². The van der Waals surface area contributed by atoms with Crippen LogP contribution in [0.2, 0.25) is 0 Å². The summed E-state index contributed by atoms with van der Waals surface area (Å²) in [5.41, 5.74) is 5.51. The second-order valence-electron chi connectivity index (χ2n) is 2.33. The molecule has 0 bridgehead atoms. The van der Waals surface area contributed by atoms with Crippen molar-refractivity contribution in [2.45, 2.75) is 6.04 Å². The van der Waals surface area contributed by atoms with Crippen LogP contribution in [-0.2, 0) is 4.74 Å².